The first-order valence-corrected chi connectivity index (χ1v) is 10.6. The molecule has 0 saturated carbocycles. The molecule has 0 aliphatic rings. The van der Waals surface area contributed by atoms with Gasteiger partial charge in [-0.1, -0.05) is 30.3 Å². The van der Waals surface area contributed by atoms with Crippen LogP contribution >= 0.6 is 0 Å². The summed E-state index contributed by atoms with van der Waals surface area (Å²) in [6, 6.07) is 18.3. The van der Waals surface area contributed by atoms with Gasteiger partial charge in [0.25, 0.3) is 10.0 Å². The van der Waals surface area contributed by atoms with E-state index in [2.05, 4.69) is 9.71 Å². The van der Waals surface area contributed by atoms with Crippen LogP contribution in [0.2, 0.25) is 0 Å². The fraction of sp³-hybridized carbons (Fsp3) is 0.182. The summed E-state index contributed by atoms with van der Waals surface area (Å²) in [4.78, 5) is 3.46. The topological polar surface area (TPSA) is 88.0 Å². The third-order valence-corrected chi connectivity index (χ3v) is 6.08. The van der Waals surface area contributed by atoms with Crippen molar-refractivity contribution in [3.05, 3.63) is 72.4 Å². The molecule has 1 heterocycles. The molecule has 0 atom stereocenters. The largest absolute Gasteiger partial charge is 0.361 e. The minimum atomic E-state index is -3.69. The van der Waals surface area contributed by atoms with Gasteiger partial charge in [0.2, 0.25) is 0 Å². The highest BCUT2D eigenvalue weighted by molar-refractivity contribution is 7.92. The second-order valence-electron chi connectivity index (χ2n) is 7.85. The Morgan fingerprint density at radius 2 is 1.75 bits per heavy atom. The average Bonchev–Trinajstić information content (AvgIpc) is 3.01. The smallest absolute Gasteiger partial charge is 0.261 e. The molecule has 4 aromatic rings. The lowest BCUT2D eigenvalue weighted by Crippen LogP contribution is -2.34. The van der Waals surface area contributed by atoms with E-state index >= 15 is 0 Å². The summed E-state index contributed by atoms with van der Waals surface area (Å²) in [5.74, 6) is 0. The Balaban J connectivity index is 1.68. The molecule has 0 saturated heterocycles. The lowest BCUT2D eigenvalue weighted by Gasteiger charge is -2.17. The van der Waals surface area contributed by atoms with E-state index in [0.717, 1.165) is 27.2 Å². The van der Waals surface area contributed by atoms with Crippen LogP contribution < -0.4 is 10.5 Å². The lowest BCUT2D eigenvalue weighted by molar-refractivity contribution is 0.518. The van der Waals surface area contributed by atoms with Gasteiger partial charge in [0, 0.05) is 28.3 Å². The van der Waals surface area contributed by atoms with Crippen molar-refractivity contribution in [3.8, 4) is 0 Å². The Kier molecular flexibility index (Phi) is 4.40. The van der Waals surface area contributed by atoms with Crippen molar-refractivity contribution in [1.82, 2.24) is 4.98 Å². The summed E-state index contributed by atoms with van der Waals surface area (Å²) < 4.78 is 28.5. The summed E-state index contributed by atoms with van der Waals surface area (Å²) >= 11 is 0. The van der Waals surface area contributed by atoms with E-state index in [1.165, 1.54) is 0 Å². The van der Waals surface area contributed by atoms with Crippen molar-refractivity contribution in [2.24, 2.45) is 5.73 Å². The number of aromatic amines is 1. The van der Waals surface area contributed by atoms with Gasteiger partial charge in [-0.3, -0.25) is 4.72 Å². The predicted octanol–water partition coefficient (Wildman–Crippen LogP) is 4.40. The van der Waals surface area contributed by atoms with Crippen LogP contribution in [0.25, 0.3) is 21.7 Å². The zero-order valence-electron chi connectivity index (χ0n) is 15.9. The normalized spacial score (nSPS) is 12.5. The number of sulfonamides is 1. The molecular formula is C22H23N3O2S. The van der Waals surface area contributed by atoms with Gasteiger partial charge < -0.3 is 10.7 Å². The van der Waals surface area contributed by atoms with Crippen molar-refractivity contribution in [2.45, 2.75) is 30.7 Å². The summed E-state index contributed by atoms with van der Waals surface area (Å²) in [7, 11) is -3.69. The maximum absolute atomic E-state index is 12.9. The first kappa shape index (κ1) is 18.5. The van der Waals surface area contributed by atoms with Gasteiger partial charge >= 0.3 is 0 Å². The number of H-pyrrole nitrogens is 1. The van der Waals surface area contributed by atoms with Crippen molar-refractivity contribution in [2.75, 3.05) is 4.72 Å². The molecule has 28 heavy (non-hydrogen) atoms. The van der Waals surface area contributed by atoms with Crippen LogP contribution in [0.5, 0.6) is 0 Å². The minimum Gasteiger partial charge on any atom is -0.361 e. The first-order chi connectivity index (χ1) is 13.2. The minimum absolute atomic E-state index is 0.240. The number of hydrogen-bond donors (Lipinski definition) is 3. The number of hydrogen-bond acceptors (Lipinski definition) is 3. The number of nitrogens with two attached hydrogens (primary N) is 1. The van der Waals surface area contributed by atoms with Crippen LogP contribution in [0, 0.1) is 0 Å². The van der Waals surface area contributed by atoms with Gasteiger partial charge in [-0.25, -0.2) is 8.42 Å². The quantitative estimate of drug-likeness (QED) is 0.469. The van der Waals surface area contributed by atoms with Crippen LogP contribution in [0.4, 0.5) is 5.69 Å². The maximum atomic E-state index is 12.9. The molecule has 3 aromatic carbocycles. The van der Waals surface area contributed by atoms with Crippen molar-refractivity contribution >= 4 is 37.4 Å². The fourth-order valence-electron chi connectivity index (χ4n) is 3.43. The highest BCUT2D eigenvalue weighted by Crippen LogP contribution is 2.27. The van der Waals surface area contributed by atoms with Crippen LogP contribution in [0.1, 0.15) is 19.4 Å². The highest BCUT2D eigenvalue weighted by atomic mass is 32.2. The monoisotopic (exact) mass is 393 g/mol. The zero-order chi connectivity index (χ0) is 19.9. The Labute approximate surface area is 164 Å². The van der Waals surface area contributed by atoms with Crippen molar-refractivity contribution in [3.63, 3.8) is 0 Å². The molecule has 0 bridgehead atoms. The van der Waals surface area contributed by atoms with E-state index in [-0.39, 0.29) is 10.4 Å². The van der Waals surface area contributed by atoms with Crippen molar-refractivity contribution < 1.29 is 8.42 Å². The van der Waals surface area contributed by atoms with E-state index in [0.29, 0.717) is 12.1 Å². The van der Waals surface area contributed by atoms with Gasteiger partial charge in [-0.15, -0.1) is 0 Å². The van der Waals surface area contributed by atoms with Crippen LogP contribution in [-0.2, 0) is 16.4 Å². The molecule has 0 aliphatic carbocycles. The standard InChI is InChI=1S/C22H23N3O2S/c1-22(2,23)13-17-14-24-21-10-8-18(12-20(17)21)25-28(26,27)19-9-7-15-5-3-4-6-16(15)11-19/h3-12,14,24-25H,13,23H2,1-2H3. The molecule has 0 aliphatic heterocycles. The first-order valence-electron chi connectivity index (χ1n) is 9.12. The number of anilines is 1. The van der Waals surface area contributed by atoms with E-state index in [4.69, 9.17) is 5.73 Å². The van der Waals surface area contributed by atoms with Crippen LogP contribution in [-0.4, -0.2) is 18.9 Å². The molecule has 0 amide bonds. The Morgan fingerprint density at radius 1 is 1.00 bits per heavy atom. The Bertz CT molecular complexity index is 1270. The lowest BCUT2D eigenvalue weighted by atomic mass is 9.96. The fourth-order valence-corrected chi connectivity index (χ4v) is 4.51. The van der Waals surface area contributed by atoms with Gasteiger partial charge in [-0.05, 0) is 66.9 Å². The summed E-state index contributed by atoms with van der Waals surface area (Å²) in [6.45, 7) is 3.94. The van der Waals surface area contributed by atoms with E-state index in [1.807, 2.05) is 62.5 Å². The molecule has 0 fully saturated rings. The average molecular weight is 394 g/mol. The van der Waals surface area contributed by atoms with E-state index in [9.17, 15) is 8.42 Å². The molecule has 4 N–H and O–H groups in total. The predicted molar refractivity (Wildman–Crippen MR) is 115 cm³/mol. The van der Waals surface area contributed by atoms with E-state index in [1.54, 1.807) is 18.2 Å². The number of rotatable bonds is 5. The van der Waals surface area contributed by atoms with Gasteiger partial charge in [0.1, 0.15) is 0 Å². The summed E-state index contributed by atoms with van der Waals surface area (Å²) in [6.07, 6.45) is 2.62. The van der Waals surface area contributed by atoms with Crippen LogP contribution in [0.15, 0.2) is 71.8 Å². The molecule has 0 unspecified atom stereocenters. The number of nitrogens with one attached hydrogen (secondary N) is 2. The second kappa shape index (κ2) is 6.65. The Hall–Kier alpha value is -2.83. The van der Waals surface area contributed by atoms with Crippen molar-refractivity contribution in [1.29, 1.82) is 0 Å². The van der Waals surface area contributed by atoms with Gasteiger partial charge in [0.05, 0.1) is 4.90 Å². The highest BCUT2D eigenvalue weighted by Gasteiger charge is 2.17. The molecule has 0 radical (unpaired) electrons. The summed E-state index contributed by atoms with van der Waals surface area (Å²) in [5.41, 5.74) is 8.34. The van der Waals surface area contributed by atoms with E-state index < -0.39 is 10.0 Å². The SMILES string of the molecule is CC(C)(N)Cc1c[nH]c2ccc(NS(=O)(=O)c3ccc4ccccc4c3)cc12. The van der Waals surface area contributed by atoms with Crippen LogP contribution in [0.3, 0.4) is 0 Å². The molecule has 144 valence electrons. The molecule has 1 aromatic heterocycles. The molecular weight excluding hydrogens is 370 g/mol. The third-order valence-electron chi connectivity index (χ3n) is 4.70. The number of fused-ring (bicyclic) bond motifs is 2. The third kappa shape index (κ3) is 3.74. The number of benzene rings is 3. The second-order valence-corrected chi connectivity index (χ2v) is 9.54. The maximum Gasteiger partial charge on any atom is 0.261 e. The number of aromatic nitrogens is 1. The molecule has 6 heteroatoms. The Morgan fingerprint density at radius 3 is 2.50 bits per heavy atom. The molecule has 5 nitrogen and oxygen atoms in total. The summed E-state index contributed by atoms with van der Waals surface area (Å²) in [5, 5.41) is 2.86. The van der Waals surface area contributed by atoms with Gasteiger partial charge in [0.15, 0.2) is 0 Å². The molecule has 0 spiro atoms. The van der Waals surface area contributed by atoms with Gasteiger partial charge in [-0.2, -0.15) is 0 Å². The molecule has 4 rings (SSSR count). The zero-order valence-corrected chi connectivity index (χ0v) is 16.7.